The molecule has 3 aromatic heterocycles. The van der Waals surface area contributed by atoms with E-state index in [0.29, 0.717) is 12.2 Å². The fraction of sp³-hybridized carbons (Fsp3) is 0.0500. The van der Waals surface area contributed by atoms with Crippen molar-refractivity contribution in [2.75, 3.05) is 0 Å². The molecule has 0 fully saturated rings. The Kier molecular flexibility index (Phi) is 4.57. The van der Waals surface area contributed by atoms with Gasteiger partial charge in [0.1, 0.15) is 11.4 Å². The summed E-state index contributed by atoms with van der Waals surface area (Å²) in [7, 11) is 0. The highest BCUT2D eigenvalue weighted by Gasteiger charge is 2.17. The van der Waals surface area contributed by atoms with Crippen LogP contribution in [0.2, 0.25) is 0 Å². The van der Waals surface area contributed by atoms with Gasteiger partial charge in [0.05, 0.1) is 10.6 Å². The number of hydrogen-bond acceptors (Lipinski definition) is 4. The van der Waals surface area contributed by atoms with Crippen LogP contribution >= 0.6 is 11.3 Å². The number of amides is 1. The first-order chi connectivity index (χ1) is 12.8. The van der Waals surface area contributed by atoms with Gasteiger partial charge in [0.25, 0.3) is 5.91 Å². The number of aromatic nitrogens is 3. The lowest BCUT2D eigenvalue weighted by Gasteiger charge is -2.08. The van der Waals surface area contributed by atoms with Crippen molar-refractivity contribution in [3.63, 3.8) is 0 Å². The second-order valence-corrected chi connectivity index (χ2v) is 6.63. The van der Waals surface area contributed by atoms with E-state index >= 15 is 0 Å². The van der Waals surface area contributed by atoms with Crippen LogP contribution in [0.3, 0.4) is 0 Å². The molecule has 4 aromatic rings. The quantitative estimate of drug-likeness (QED) is 0.587. The molecule has 0 saturated heterocycles. The molecule has 6 heteroatoms. The largest absolute Gasteiger partial charge is 0.347 e. The maximum absolute atomic E-state index is 12.8. The Morgan fingerprint density at radius 3 is 2.58 bits per heavy atom. The number of hydrogen-bond donors (Lipinski definition) is 1. The lowest BCUT2D eigenvalue weighted by Crippen LogP contribution is -2.25. The predicted molar refractivity (Wildman–Crippen MR) is 102 cm³/mol. The van der Waals surface area contributed by atoms with Crippen LogP contribution in [0.25, 0.3) is 16.3 Å². The molecule has 1 aromatic carbocycles. The number of pyridine rings is 1. The summed E-state index contributed by atoms with van der Waals surface area (Å²) in [6.45, 7) is 0.440. The molecule has 0 radical (unpaired) electrons. The summed E-state index contributed by atoms with van der Waals surface area (Å²) in [5.74, 6) is -0.166. The van der Waals surface area contributed by atoms with Crippen LogP contribution in [0, 0.1) is 0 Å². The van der Waals surface area contributed by atoms with Crippen LogP contribution in [-0.2, 0) is 6.54 Å². The Labute approximate surface area is 155 Å². The molecule has 1 amide bonds. The van der Waals surface area contributed by atoms with Gasteiger partial charge in [-0.3, -0.25) is 9.78 Å². The van der Waals surface area contributed by atoms with E-state index in [2.05, 4.69) is 15.4 Å². The predicted octanol–water partition coefficient (Wildman–Crippen LogP) is 3.93. The Bertz CT molecular complexity index is 995. The number of nitrogens with one attached hydrogen (secondary N) is 1. The first kappa shape index (κ1) is 16.2. The Morgan fingerprint density at radius 2 is 1.85 bits per heavy atom. The molecule has 26 heavy (non-hydrogen) atoms. The van der Waals surface area contributed by atoms with Crippen LogP contribution in [0.15, 0.2) is 78.4 Å². The minimum atomic E-state index is -0.166. The van der Waals surface area contributed by atoms with E-state index in [-0.39, 0.29) is 5.91 Å². The molecule has 0 atom stereocenters. The monoisotopic (exact) mass is 360 g/mol. The van der Waals surface area contributed by atoms with Gasteiger partial charge in [0.2, 0.25) is 0 Å². The molecule has 3 heterocycles. The molecule has 4 rings (SSSR count). The molecule has 128 valence electrons. The Hall–Kier alpha value is -3.25. The van der Waals surface area contributed by atoms with E-state index in [1.165, 1.54) is 0 Å². The van der Waals surface area contributed by atoms with Gasteiger partial charge >= 0.3 is 0 Å². The molecule has 0 aliphatic rings. The molecule has 0 aliphatic carbocycles. The first-order valence-corrected chi connectivity index (χ1v) is 9.06. The van der Waals surface area contributed by atoms with Crippen molar-refractivity contribution in [2.24, 2.45) is 0 Å². The first-order valence-electron chi connectivity index (χ1n) is 8.18. The average molecular weight is 360 g/mol. The van der Waals surface area contributed by atoms with Crippen molar-refractivity contribution in [1.82, 2.24) is 20.1 Å². The van der Waals surface area contributed by atoms with Gasteiger partial charge in [-0.25, -0.2) is 4.68 Å². The zero-order valence-electron chi connectivity index (χ0n) is 13.9. The highest BCUT2D eigenvalue weighted by atomic mass is 32.1. The summed E-state index contributed by atoms with van der Waals surface area (Å²) in [6, 6.07) is 19.2. The molecule has 0 bridgehead atoms. The zero-order valence-corrected chi connectivity index (χ0v) is 14.7. The zero-order chi connectivity index (χ0) is 17.8. The topological polar surface area (TPSA) is 59.8 Å². The highest BCUT2D eigenvalue weighted by Crippen LogP contribution is 2.25. The normalized spacial score (nSPS) is 10.6. The molecule has 0 spiro atoms. The molecule has 0 unspecified atom stereocenters. The standard InChI is InChI=1S/C20H16N4OS/c25-20(22-14-15-8-10-21-11-9-15)18-13-17(19-7-4-12-26-19)23-24(18)16-5-2-1-3-6-16/h1-13H,14H2,(H,22,25). The number of benzene rings is 1. The minimum absolute atomic E-state index is 0.166. The van der Waals surface area contributed by atoms with Crippen molar-refractivity contribution in [3.05, 3.63) is 89.7 Å². The highest BCUT2D eigenvalue weighted by molar-refractivity contribution is 7.13. The van der Waals surface area contributed by atoms with Crippen molar-refractivity contribution >= 4 is 17.2 Å². The lowest BCUT2D eigenvalue weighted by molar-refractivity contribution is 0.0943. The van der Waals surface area contributed by atoms with Crippen LogP contribution < -0.4 is 5.32 Å². The third kappa shape index (κ3) is 3.41. The number of thiophene rings is 1. The van der Waals surface area contributed by atoms with E-state index in [4.69, 9.17) is 0 Å². The number of carbonyl (C=O) groups excluding carboxylic acids is 1. The number of nitrogens with zero attached hydrogens (tertiary/aromatic N) is 3. The van der Waals surface area contributed by atoms with Gasteiger partial charge in [-0.2, -0.15) is 5.10 Å². The summed E-state index contributed by atoms with van der Waals surface area (Å²) < 4.78 is 1.69. The fourth-order valence-electron chi connectivity index (χ4n) is 2.63. The number of para-hydroxylation sites is 1. The van der Waals surface area contributed by atoms with Crippen molar-refractivity contribution in [3.8, 4) is 16.3 Å². The molecular formula is C20H16N4OS. The summed E-state index contributed by atoms with van der Waals surface area (Å²) >= 11 is 1.60. The SMILES string of the molecule is O=C(NCc1ccncc1)c1cc(-c2cccs2)nn1-c1ccccc1. The Morgan fingerprint density at radius 1 is 1.04 bits per heavy atom. The minimum Gasteiger partial charge on any atom is -0.347 e. The third-order valence-corrected chi connectivity index (χ3v) is 4.81. The van der Waals surface area contributed by atoms with E-state index in [1.807, 2.05) is 66.0 Å². The number of carbonyl (C=O) groups is 1. The molecule has 5 nitrogen and oxygen atoms in total. The van der Waals surface area contributed by atoms with E-state index in [1.54, 1.807) is 28.4 Å². The maximum atomic E-state index is 12.8. The summed E-state index contributed by atoms with van der Waals surface area (Å²) in [5.41, 5.74) is 3.15. The van der Waals surface area contributed by atoms with Gasteiger partial charge in [-0.15, -0.1) is 11.3 Å². The summed E-state index contributed by atoms with van der Waals surface area (Å²) in [4.78, 5) is 17.8. The lowest BCUT2D eigenvalue weighted by atomic mass is 10.2. The molecular weight excluding hydrogens is 344 g/mol. The third-order valence-electron chi connectivity index (χ3n) is 3.92. The fourth-order valence-corrected chi connectivity index (χ4v) is 3.31. The van der Waals surface area contributed by atoms with E-state index < -0.39 is 0 Å². The average Bonchev–Trinajstić information content (AvgIpc) is 3.37. The van der Waals surface area contributed by atoms with E-state index in [9.17, 15) is 4.79 Å². The second-order valence-electron chi connectivity index (χ2n) is 5.68. The maximum Gasteiger partial charge on any atom is 0.270 e. The number of rotatable bonds is 5. The van der Waals surface area contributed by atoms with E-state index in [0.717, 1.165) is 21.8 Å². The second kappa shape index (κ2) is 7.33. The Balaban J connectivity index is 1.66. The molecule has 1 N–H and O–H groups in total. The molecule has 0 saturated carbocycles. The van der Waals surface area contributed by atoms with Crippen molar-refractivity contribution in [2.45, 2.75) is 6.54 Å². The summed E-state index contributed by atoms with van der Waals surface area (Å²) in [5, 5.41) is 9.62. The van der Waals surface area contributed by atoms with Crippen molar-refractivity contribution in [1.29, 1.82) is 0 Å². The van der Waals surface area contributed by atoms with Gasteiger partial charge in [0.15, 0.2) is 0 Å². The van der Waals surface area contributed by atoms with Crippen LogP contribution in [0.4, 0.5) is 0 Å². The molecule has 0 aliphatic heterocycles. The van der Waals surface area contributed by atoms with Crippen LogP contribution in [-0.4, -0.2) is 20.7 Å². The van der Waals surface area contributed by atoms with Crippen LogP contribution in [0.1, 0.15) is 16.1 Å². The van der Waals surface area contributed by atoms with Gasteiger partial charge < -0.3 is 5.32 Å². The van der Waals surface area contributed by atoms with Gasteiger partial charge in [-0.05, 0) is 47.3 Å². The van der Waals surface area contributed by atoms with Gasteiger partial charge in [0, 0.05) is 18.9 Å². The van der Waals surface area contributed by atoms with Gasteiger partial charge in [-0.1, -0.05) is 24.3 Å². The summed E-state index contributed by atoms with van der Waals surface area (Å²) in [6.07, 6.45) is 3.43. The van der Waals surface area contributed by atoms with Crippen LogP contribution in [0.5, 0.6) is 0 Å². The van der Waals surface area contributed by atoms with Crippen molar-refractivity contribution < 1.29 is 4.79 Å². The smallest absolute Gasteiger partial charge is 0.270 e.